The average Bonchev–Trinajstić information content (AvgIpc) is 2.36. The Labute approximate surface area is 120 Å². The maximum Gasteiger partial charge on any atom is 0.238 e. The van der Waals surface area contributed by atoms with Crippen molar-refractivity contribution in [1.82, 2.24) is 4.90 Å². The number of rotatable bonds is 4. The van der Waals surface area contributed by atoms with Gasteiger partial charge in [0.05, 0.1) is 4.90 Å². The summed E-state index contributed by atoms with van der Waals surface area (Å²) in [5.74, 6) is 0. The van der Waals surface area contributed by atoms with Gasteiger partial charge in [-0.3, -0.25) is 0 Å². The standard InChI is InChI=1S/C13H22N4O2S/c1-17-5-3-2-4-12(17)9-16-11-6-10(14)7-13(8-11)20(15,18)19/h6-8,12,16H,2-5,9,14H2,1H3,(H2,15,18,19). The summed E-state index contributed by atoms with van der Waals surface area (Å²) in [6, 6.07) is 5.07. The Hall–Kier alpha value is -1.31. The van der Waals surface area contributed by atoms with Gasteiger partial charge in [-0.2, -0.15) is 0 Å². The van der Waals surface area contributed by atoms with Crippen molar-refractivity contribution >= 4 is 21.4 Å². The Morgan fingerprint density at radius 3 is 2.75 bits per heavy atom. The average molecular weight is 298 g/mol. The number of nitrogens with zero attached hydrogens (tertiary/aromatic N) is 1. The fourth-order valence-corrected chi connectivity index (χ4v) is 3.12. The van der Waals surface area contributed by atoms with Crippen LogP contribution >= 0.6 is 0 Å². The normalized spacial score (nSPS) is 20.8. The summed E-state index contributed by atoms with van der Waals surface area (Å²) in [5.41, 5.74) is 6.79. The van der Waals surface area contributed by atoms with Crippen LogP contribution in [0.25, 0.3) is 0 Å². The summed E-state index contributed by atoms with van der Waals surface area (Å²) in [6.07, 6.45) is 3.62. The highest BCUT2D eigenvalue weighted by Gasteiger charge is 2.18. The van der Waals surface area contributed by atoms with Gasteiger partial charge in [-0.1, -0.05) is 6.42 Å². The number of hydrogen-bond donors (Lipinski definition) is 3. The van der Waals surface area contributed by atoms with Gasteiger partial charge in [0.2, 0.25) is 10.0 Å². The minimum absolute atomic E-state index is 0.0389. The molecule has 1 aliphatic rings. The molecule has 1 aliphatic heterocycles. The van der Waals surface area contributed by atoms with Gasteiger partial charge in [-0.25, -0.2) is 13.6 Å². The van der Waals surface area contributed by atoms with Gasteiger partial charge in [0, 0.05) is 24.0 Å². The van der Waals surface area contributed by atoms with E-state index >= 15 is 0 Å². The molecule has 112 valence electrons. The third-order valence-corrected chi connectivity index (χ3v) is 4.61. The maximum absolute atomic E-state index is 11.4. The molecule has 0 aliphatic carbocycles. The van der Waals surface area contributed by atoms with Crippen LogP contribution in [-0.2, 0) is 10.0 Å². The van der Waals surface area contributed by atoms with Crippen molar-refractivity contribution < 1.29 is 8.42 Å². The Bertz CT molecular complexity index is 574. The van der Waals surface area contributed by atoms with E-state index in [4.69, 9.17) is 10.9 Å². The van der Waals surface area contributed by atoms with Crippen molar-refractivity contribution in [2.24, 2.45) is 5.14 Å². The van der Waals surface area contributed by atoms with Crippen molar-refractivity contribution in [2.75, 3.05) is 31.2 Å². The molecule has 7 heteroatoms. The summed E-state index contributed by atoms with van der Waals surface area (Å²) in [6.45, 7) is 1.87. The number of nitrogens with two attached hydrogens (primary N) is 2. The zero-order chi connectivity index (χ0) is 14.8. The SMILES string of the molecule is CN1CCCCC1CNc1cc(N)cc(S(N)(=O)=O)c1. The summed E-state index contributed by atoms with van der Waals surface area (Å²) in [7, 11) is -1.62. The third kappa shape index (κ3) is 3.84. The molecule has 0 radical (unpaired) electrons. The Balaban J connectivity index is 2.08. The number of benzene rings is 1. The largest absolute Gasteiger partial charge is 0.399 e. The van der Waals surface area contributed by atoms with E-state index in [1.165, 1.54) is 25.0 Å². The first kappa shape index (κ1) is 15.1. The van der Waals surface area contributed by atoms with Crippen LogP contribution in [0.1, 0.15) is 19.3 Å². The molecular formula is C13H22N4O2S. The van der Waals surface area contributed by atoms with E-state index in [-0.39, 0.29) is 4.90 Å². The quantitative estimate of drug-likeness (QED) is 0.714. The van der Waals surface area contributed by atoms with E-state index in [0.29, 0.717) is 17.4 Å². The predicted molar refractivity (Wildman–Crippen MR) is 81.0 cm³/mol. The molecule has 1 aromatic carbocycles. The van der Waals surface area contributed by atoms with Crippen LogP contribution in [0.2, 0.25) is 0 Å². The predicted octanol–water partition coefficient (Wildman–Crippen LogP) is 0.812. The lowest BCUT2D eigenvalue weighted by atomic mass is 10.0. The van der Waals surface area contributed by atoms with Crippen molar-refractivity contribution in [3.63, 3.8) is 0 Å². The molecule has 5 N–H and O–H groups in total. The Morgan fingerprint density at radius 2 is 2.10 bits per heavy atom. The topological polar surface area (TPSA) is 101 Å². The van der Waals surface area contributed by atoms with Gasteiger partial charge >= 0.3 is 0 Å². The van der Waals surface area contributed by atoms with Gasteiger partial charge in [-0.05, 0) is 44.6 Å². The number of piperidine rings is 1. The van der Waals surface area contributed by atoms with Crippen LogP contribution in [0.15, 0.2) is 23.1 Å². The molecule has 6 nitrogen and oxygen atoms in total. The fourth-order valence-electron chi connectivity index (χ4n) is 2.53. The van der Waals surface area contributed by atoms with Gasteiger partial charge in [0.25, 0.3) is 0 Å². The molecule has 0 saturated carbocycles. The number of nitrogens with one attached hydrogen (secondary N) is 1. The van der Waals surface area contributed by atoms with Crippen LogP contribution < -0.4 is 16.2 Å². The second kappa shape index (κ2) is 5.99. The summed E-state index contributed by atoms with van der Waals surface area (Å²) in [5, 5.41) is 8.39. The van der Waals surface area contributed by atoms with Crippen LogP contribution in [0.5, 0.6) is 0 Å². The Morgan fingerprint density at radius 1 is 1.35 bits per heavy atom. The van der Waals surface area contributed by atoms with E-state index in [2.05, 4.69) is 17.3 Å². The molecule has 1 atom stereocenters. The van der Waals surface area contributed by atoms with Gasteiger partial charge in [0.1, 0.15) is 0 Å². The molecule has 0 spiro atoms. The summed E-state index contributed by atoms with van der Waals surface area (Å²) in [4.78, 5) is 2.36. The first-order valence-corrected chi connectivity index (χ1v) is 8.28. The number of hydrogen-bond acceptors (Lipinski definition) is 5. The van der Waals surface area contributed by atoms with Crippen LogP contribution in [0, 0.1) is 0 Å². The Kier molecular flexibility index (Phi) is 4.52. The number of primary sulfonamides is 1. The molecular weight excluding hydrogens is 276 g/mol. The smallest absolute Gasteiger partial charge is 0.238 e. The zero-order valence-corrected chi connectivity index (χ0v) is 12.5. The second-order valence-corrected chi connectivity index (χ2v) is 6.91. The van der Waals surface area contributed by atoms with Gasteiger partial charge in [0.15, 0.2) is 0 Å². The van der Waals surface area contributed by atoms with Gasteiger partial charge < -0.3 is 16.0 Å². The molecule has 0 amide bonds. The molecule has 1 heterocycles. The lowest BCUT2D eigenvalue weighted by Crippen LogP contribution is -2.40. The minimum atomic E-state index is -3.73. The van der Waals surface area contributed by atoms with Crippen LogP contribution in [0.4, 0.5) is 11.4 Å². The molecule has 0 bridgehead atoms. The van der Waals surface area contributed by atoms with Crippen LogP contribution in [0.3, 0.4) is 0 Å². The first-order chi connectivity index (χ1) is 9.36. The fraction of sp³-hybridized carbons (Fsp3) is 0.538. The van der Waals surface area contributed by atoms with Crippen LogP contribution in [-0.4, -0.2) is 39.5 Å². The van der Waals surface area contributed by atoms with Crippen molar-refractivity contribution in [3.8, 4) is 0 Å². The summed E-state index contributed by atoms with van der Waals surface area (Å²) < 4.78 is 22.8. The highest BCUT2D eigenvalue weighted by atomic mass is 32.2. The molecule has 0 aromatic heterocycles. The zero-order valence-electron chi connectivity index (χ0n) is 11.7. The molecule has 1 fully saturated rings. The van der Waals surface area contributed by atoms with E-state index < -0.39 is 10.0 Å². The van der Waals surface area contributed by atoms with E-state index in [9.17, 15) is 8.42 Å². The molecule has 1 saturated heterocycles. The van der Waals surface area contributed by atoms with E-state index in [1.807, 2.05) is 0 Å². The van der Waals surface area contributed by atoms with Crippen molar-refractivity contribution in [2.45, 2.75) is 30.2 Å². The molecule has 1 unspecified atom stereocenters. The monoisotopic (exact) mass is 298 g/mol. The maximum atomic E-state index is 11.4. The first-order valence-electron chi connectivity index (χ1n) is 6.74. The van der Waals surface area contributed by atoms with Gasteiger partial charge in [-0.15, -0.1) is 0 Å². The lowest BCUT2D eigenvalue weighted by molar-refractivity contribution is 0.194. The highest BCUT2D eigenvalue weighted by molar-refractivity contribution is 7.89. The molecule has 2 rings (SSSR count). The molecule has 1 aromatic rings. The van der Waals surface area contributed by atoms with E-state index in [0.717, 1.165) is 19.5 Å². The third-order valence-electron chi connectivity index (χ3n) is 3.72. The van der Waals surface area contributed by atoms with E-state index in [1.54, 1.807) is 6.07 Å². The molecule has 20 heavy (non-hydrogen) atoms. The summed E-state index contributed by atoms with van der Waals surface area (Å²) >= 11 is 0. The lowest BCUT2D eigenvalue weighted by Gasteiger charge is -2.32. The van der Waals surface area contributed by atoms with Crippen molar-refractivity contribution in [3.05, 3.63) is 18.2 Å². The number of anilines is 2. The number of likely N-dealkylation sites (tertiary alicyclic amines) is 1. The number of likely N-dealkylation sites (N-methyl/N-ethyl adjacent to an activating group) is 1. The number of nitrogen functional groups attached to an aromatic ring is 1. The second-order valence-electron chi connectivity index (χ2n) is 5.35. The highest BCUT2D eigenvalue weighted by Crippen LogP contribution is 2.21. The van der Waals surface area contributed by atoms with Crippen molar-refractivity contribution in [1.29, 1.82) is 0 Å². The number of sulfonamides is 1. The minimum Gasteiger partial charge on any atom is -0.399 e.